The minimum atomic E-state index is -0.913. The van der Waals surface area contributed by atoms with Gasteiger partial charge in [-0.05, 0) is 25.0 Å². The molecule has 0 aliphatic carbocycles. The molecule has 0 spiro atoms. The number of nitrogens with zero attached hydrogens (tertiary/aromatic N) is 2. The molecule has 1 unspecified atom stereocenters. The molecule has 4 heteroatoms. The fourth-order valence-electron chi connectivity index (χ4n) is 2.95. The van der Waals surface area contributed by atoms with Crippen LogP contribution in [0.25, 0.3) is 11.0 Å². The number of carboxylic acid groups (broad SMARTS) is 1. The number of rotatable bonds is 6. The van der Waals surface area contributed by atoms with E-state index >= 15 is 0 Å². The summed E-state index contributed by atoms with van der Waals surface area (Å²) in [5, 5.41) is 9.37. The number of imidazole rings is 1. The molecular weight excluding hydrogens is 264 g/mol. The van der Waals surface area contributed by atoms with Gasteiger partial charge in [0, 0.05) is 12.0 Å². The Bertz CT molecular complexity index is 644. The Kier molecular flexibility index (Phi) is 4.66. The largest absolute Gasteiger partial charge is 0.478 e. The van der Waals surface area contributed by atoms with E-state index < -0.39 is 5.97 Å². The Morgan fingerprint density at radius 1 is 1.33 bits per heavy atom. The fraction of sp³-hybridized carbons (Fsp3) is 0.529. The maximum atomic E-state index is 11.4. The third-order valence-electron chi connectivity index (χ3n) is 3.95. The fourth-order valence-corrected chi connectivity index (χ4v) is 2.95. The molecule has 21 heavy (non-hydrogen) atoms. The van der Waals surface area contributed by atoms with Gasteiger partial charge < -0.3 is 9.67 Å². The van der Waals surface area contributed by atoms with E-state index in [0.29, 0.717) is 17.1 Å². The van der Waals surface area contributed by atoms with Crippen LogP contribution in [-0.2, 0) is 0 Å². The molecule has 0 amide bonds. The second-order valence-electron chi connectivity index (χ2n) is 5.82. The van der Waals surface area contributed by atoms with Crippen LogP contribution >= 0.6 is 0 Å². The summed E-state index contributed by atoms with van der Waals surface area (Å²) >= 11 is 0. The first kappa shape index (κ1) is 15.5. The van der Waals surface area contributed by atoms with Gasteiger partial charge in [0.25, 0.3) is 0 Å². The zero-order valence-electron chi connectivity index (χ0n) is 13.3. The molecule has 114 valence electrons. The number of carbonyl (C=O) groups is 1. The summed E-state index contributed by atoms with van der Waals surface area (Å²) in [7, 11) is 0. The standard InChI is InChI=1S/C17H24N2O2/c1-5-8-12(6-2)19-14-10-7-9-13(17(20)21)15(14)18-16(19)11(3)4/h7,9-12H,5-6,8H2,1-4H3,(H,20,21). The van der Waals surface area contributed by atoms with Crippen LogP contribution in [0.4, 0.5) is 0 Å². The summed E-state index contributed by atoms with van der Waals surface area (Å²) in [5.74, 6) is 0.341. The third kappa shape index (κ3) is 2.80. The van der Waals surface area contributed by atoms with Gasteiger partial charge in [0.2, 0.25) is 0 Å². The second kappa shape index (κ2) is 6.29. The van der Waals surface area contributed by atoms with Crippen LogP contribution in [-0.4, -0.2) is 20.6 Å². The number of carboxylic acids is 1. The Morgan fingerprint density at radius 2 is 2.05 bits per heavy atom. The normalized spacial score (nSPS) is 13.0. The molecule has 0 bridgehead atoms. The van der Waals surface area contributed by atoms with E-state index in [9.17, 15) is 9.90 Å². The average Bonchev–Trinajstić information content (AvgIpc) is 2.84. The Hall–Kier alpha value is -1.84. The van der Waals surface area contributed by atoms with E-state index in [1.165, 1.54) is 0 Å². The molecule has 2 aromatic rings. The predicted octanol–water partition coefficient (Wildman–Crippen LogP) is 4.61. The molecule has 1 heterocycles. The number of aromatic carboxylic acids is 1. The smallest absolute Gasteiger partial charge is 0.337 e. The molecule has 0 radical (unpaired) electrons. The van der Waals surface area contributed by atoms with Gasteiger partial charge >= 0.3 is 5.97 Å². The van der Waals surface area contributed by atoms with Gasteiger partial charge in [-0.1, -0.05) is 40.2 Å². The topological polar surface area (TPSA) is 55.1 Å². The first-order valence-corrected chi connectivity index (χ1v) is 7.75. The van der Waals surface area contributed by atoms with E-state index in [-0.39, 0.29) is 5.92 Å². The monoisotopic (exact) mass is 288 g/mol. The Labute approximate surface area is 125 Å². The maximum absolute atomic E-state index is 11.4. The maximum Gasteiger partial charge on any atom is 0.337 e. The van der Waals surface area contributed by atoms with E-state index in [0.717, 1.165) is 30.6 Å². The summed E-state index contributed by atoms with van der Waals surface area (Å²) in [6, 6.07) is 5.81. The van der Waals surface area contributed by atoms with Crippen molar-refractivity contribution in [3.8, 4) is 0 Å². The minimum Gasteiger partial charge on any atom is -0.478 e. The van der Waals surface area contributed by atoms with E-state index in [4.69, 9.17) is 0 Å². The highest BCUT2D eigenvalue weighted by molar-refractivity contribution is 6.01. The van der Waals surface area contributed by atoms with Gasteiger partial charge in [-0.15, -0.1) is 0 Å². The number of para-hydroxylation sites is 1. The SMILES string of the molecule is CCCC(CC)n1c(C(C)C)nc2c(C(=O)O)cccc21. The first-order chi connectivity index (χ1) is 10.0. The summed E-state index contributed by atoms with van der Waals surface area (Å²) in [6.45, 7) is 8.57. The van der Waals surface area contributed by atoms with Gasteiger partial charge in [-0.25, -0.2) is 9.78 Å². The van der Waals surface area contributed by atoms with Crippen molar-refractivity contribution in [3.63, 3.8) is 0 Å². The van der Waals surface area contributed by atoms with Crippen LogP contribution < -0.4 is 0 Å². The van der Waals surface area contributed by atoms with Crippen LogP contribution in [0.1, 0.15) is 75.1 Å². The molecular formula is C17H24N2O2. The summed E-state index contributed by atoms with van der Waals surface area (Å²) in [5.41, 5.74) is 1.85. The molecule has 1 N–H and O–H groups in total. The zero-order valence-corrected chi connectivity index (χ0v) is 13.3. The predicted molar refractivity (Wildman–Crippen MR) is 85.0 cm³/mol. The van der Waals surface area contributed by atoms with Crippen molar-refractivity contribution in [1.82, 2.24) is 9.55 Å². The van der Waals surface area contributed by atoms with Crippen molar-refractivity contribution < 1.29 is 9.90 Å². The van der Waals surface area contributed by atoms with E-state index in [1.54, 1.807) is 6.07 Å². The van der Waals surface area contributed by atoms with Crippen LogP contribution in [0.2, 0.25) is 0 Å². The molecule has 1 atom stereocenters. The summed E-state index contributed by atoms with van der Waals surface area (Å²) < 4.78 is 2.26. The number of hydrogen-bond acceptors (Lipinski definition) is 2. The molecule has 0 aliphatic rings. The number of aromatic nitrogens is 2. The summed E-state index contributed by atoms with van der Waals surface area (Å²) in [4.78, 5) is 16.1. The Balaban J connectivity index is 2.74. The molecule has 1 aromatic carbocycles. The molecule has 0 saturated carbocycles. The Morgan fingerprint density at radius 3 is 2.57 bits per heavy atom. The molecule has 0 fully saturated rings. The van der Waals surface area contributed by atoms with Gasteiger partial charge in [0.05, 0.1) is 11.1 Å². The average molecular weight is 288 g/mol. The molecule has 4 nitrogen and oxygen atoms in total. The van der Waals surface area contributed by atoms with Gasteiger partial charge in [0.15, 0.2) is 0 Å². The van der Waals surface area contributed by atoms with Gasteiger partial charge in [-0.3, -0.25) is 0 Å². The first-order valence-electron chi connectivity index (χ1n) is 7.75. The highest BCUT2D eigenvalue weighted by Crippen LogP contribution is 2.31. The second-order valence-corrected chi connectivity index (χ2v) is 5.82. The lowest BCUT2D eigenvalue weighted by molar-refractivity contribution is 0.0699. The van der Waals surface area contributed by atoms with Crippen molar-refractivity contribution in [1.29, 1.82) is 0 Å². The summed E-state index contributed by atoms with van der Waals surface area (Å²) in [6.07, 6.45) is 3.21. The van der Waals surface area contributed by atoms with Crippen LogP contribution in [0.5, 0.6) is 0 Å². The van der Waals surface area contributed by atoms with Crippen LogP contribution in [0.15, 0.2) is 18.2 Å². The molecule has 2 rings (SSSR count). The zero-order chi connectivity index (χ0) is 15.6. The third-order valence-corrected chi connectivity index (χ3v) is 3.95. The van der Waals surface area contributed by atoms with Gasteiger partial charge in [0.1, 0.15) is 11.3 Å². The van der Waals surface area contributed by atoms with Gasteiger partial charge in [-0.2, -0.15) is 0 Å². The quantitative estimate of drug-likeness (QED) is 0.844. The minimum absolute atomic E-state index is 0.268. The number of hydrogen-bond donors (Lipinski definition) is 1. The van der Waals surface area contributed by atoms with Crippen LogP contribution in [0, 0.1) is 0 Å². The highest BCUT2D eigenvalue weighted by atomic mass is 16.4. The molecule has 1 aromatic heterocycles. The van der Waals surface area contributed by atoms with Crippen LogP contribution in [0.3, 0.4) is 0 Å². The van der Waals surface area contributed by atoms with Crippen molar-refractivity contribution in [3.05, 3.63) is 29.6 Å². The molecule has 0 aliphatic heterocycles. The number of benzene rings is 1. The van der Waals surface area contributed by atoms with E-state index in [2.05, 4.69) is 37.2 Å². The van der Waals surface area contributed by atoms with Crippen molar-refractivity contribution in [2.45, 2.75) is 58.9 Å². The van der Waals surface area contributed by atoms with E-state index in [1.807, 2.05) is 12.1 Å². The lowest BCUT2D eigenvalue weighted by atomic mass is 10.1. The van der Waals surface area contributed by atoms with Crippen molar-refractivity contribution in [2.24, 2.45) is 0 Å². The lowest BCUT2D eigenvalue weighted by Gasteiger charge is -2.21. The molecule has 0 saturated heterocycles. The lowest BCUT2D eigenvalue weighted by Crippen LogP contribution is -2.12. The number of fused-ring (bicyclic) bond motifs is 1. The van der Waals surface area contributed by atoms with Crippen molar-refractivity contribution in [2.75, 3.05) is 0 Å². The highest BCUT2D eigenvalue weighted by Gasteiger charge is 2.22. The van der Waals surface area contributed by atoms with Crippen molar-refractivity contribution >= 4 is 17.0 Å².